The zero-order chi connectivity index (χ0) is 15.3. The highest BCUT2D eigenvalue weighted by molar-refractivity contribution is 5.44. The summed E-state index contributed by atoms with van der Waals surface area (Å²) in [5.74, 6) is 6.87. The van der Waals surface area contributed by atoms with Gasteiger partial charge in [-0.2, -0.15) is 0 Å². The Hall–Kier alpha value is -1.54. The molecule has 0 saturated carbocycles. The molecule has 1 aromatic rings. The number of rotatable bonds is 3. The molecule has 0 aliphatic carbocycles. The average molecular weight is 288 g/mol. The topological polar surface area (TPSA) is 47.7 Å². The second-order valence-electron chi connectivity index (χ2n) is 5.85. The van der Waals surface area contributed by atoms with Crippen molar-refractivity contribution in [1.82, 2.24) is 4.90 Å². The van der Waals surface area contributed by atoms with E-state index in [1.54, 1.807) is 7.11 Å². The van der Waals surface area contributed by atoms with Crippen molar-refractivity contribution in [1.29, 1.82) is 0 Å². The van der Waals surface area contributed by atoms with Gasteiger partial charge in [0.2, 0.25) is 0 Å². The van der Waals surface area contributed by atoms with Crippen LogP contribution in [0.15, 0.2) is 18.2 Å². The third kappa shape index (κ3) is 4.47. The molecule has 2 rings (SSSR count). The van der Waals surface area contributed by atoms with E-state index in [0.29, 0.717) is 6.54 Å². The lowest BCUT2D eigenvalue weighted by Gasteiger charge is -2.38. The number of nitrogens with two attached hydrogens (primary N) is 1. The van der Waals surface area contributed by atoms with Crippen LogP contribution in [0.3, 0.4) is 0 Å². The Morgan fingerprint density at radius 3 is 2.90 bits per heavy atom. The van der Waals surface area contributed by atoms with Gasteiger partial charge < -0.3 is 15.2 Å². The Morgan fingerprint density at radius 1 is 1.43 bits per heavy atom. The highest BCUT2D eigenvalue weighted by Crippen LogP contribution is 2.24. The van der Waals surface area contributed by atoms with Gasteiger partial charge in [0.1, 0.15) is 5.75 Å². The van der Waals surface area contributed by atoms with Crippen molar-refractivity contribution in [3.63, 3.8) is 0 Å². The van der Waals surface area contributed by atoms with Crippen LogP contribution in [0.4, 0.5) is 0 Å². The molecule has 1 aliphatic rings. The summed E-state index contributed by atoms with van der Waals surface area (Å²) in [7, 11) is 1.70. The molecule has 1 saturated heterocycles. The molecule has 0 unspecified atom stereocenters. The van der Waals surface area contributed by atoms with Crippen molar-refractivity contribution >= 4 is 0 Å². The Labute approximate surface area is 127 Å². The Morgan fingerprint density at radius 2 is 2.24 bits per heavy atom. The quantitative estimate of drug-likeness (QED) is 0.859. The maximum atomic E-state index is 5.76. The van der Waals surface area contributed by atoms with Crippen LogP contribution in [0, 0.1) is 11.8 Å². The highest BCUT2D eigenvalue weighted by Gasteiger charge is 2.27. The van der Waals surface area contributed by atoms with Gasteiger partial charge in [-0.3, -0.25) is 4.90 Å². The predicted octanol–water partition coefficient (Wildman–Crippen LogP) is 1.62. The molecule has 2 N–H and O–H groups in total. The molecule has 0 aromatic heterocycles. The molecule has 4 heteroatoms. The van der Waals surface area contributed by atoms with Gasteiger partial charge in [0, 0.05) is 30.8 Å². The minimum Gasteiger partial charge on any atom is -0.496 e. The van der Waals surface area contributed by atoms with Crippen molar-refractivity contribution in [3.05, 3.63) is 29.3 Å². The van der Waals surface area contributed by atoms with Gasteiger partial charge >= 0.3 is 0 Å². The van der Waals surface area contributed by atoms with Gasteiger partial charge in [-0.1, -0.05) is 11.8 Å². The second kappa shape index (κ2) is 6.95. The van der Waals surface area contributed by atoms with Crippen molar-refractivity contribution in [3.8, 4) is 17.6 Å². The predicted molar refractivity (Wildman–Crippen MR) is 84.2 cm³/mol. The molecule has 4 nitrogen and oxygen atoms in total. The zero-order valence-electron chi connectivity index (χ0n) is 13.1. The van der Waals surface area contributed by atoms with Crippen molar-refractivity contribution < 1.29 is 9.47 Å². The van der Waals surface area contributed by atoms with Gasteiger partial charge in [0.25, 0.3) is 0 Å². The minimum atomic E-state index is -0.0948. The lowest BCUT2D eigenvalue weighted by Crippen LogP contribution is -2.47. The molecule has 1 fully saturated rings. The van der Waals surface area contributed by atoms with Gasteiger partial charge in [0.15, 0.2) is 0 Å². The van der Waals surface area contributed by atoms with E-state index in [1.807, 2.05) is 12.1 Å². The maximum Gasteiger partial charge on any atom is 0.123 e. The SMILES string of the molecule is COc1ccc(C#CCN)cc1CN1CCOC(C)(C)C1. The van der Waals surface area contributed by atoms with Gasteiger partial charge in [0.05, 0.1) is 25.9 Å². The first kappa shape index (κ1) is 15.8. The van der Waals surface area contributed by atoms with Crippen LogP contribution in [0.5, 0.6) is 5.75 Å². The molecule has 1 heterocycles. The summed E-state index contributed by atoms with van der Waals surface area (Å²) in [6, 6.07) is 6.03. The molecule has 114 valence electrons. The van der Waals surface area contributed by atoms with E-state index in [4.69, 9.17) is 15.2 Å². The van der Waals surface area contributed by atoms with E-state index < -0.39 is 0 Å². The van der Waals surface area contributed by atoms with Crippen molar-refractivity contribution in [2.75, 3.05) is 33.4 Å². The fraction of sp³-hybridized carbons (Fsp3) is 0.529. The summed E-state index contributed by atoms with van der Waals surface area (Å²) < 4.78 is 11.2. The van der Waals surface area contributed by atoms with Crippen LogP contribution >= 0.6 is 0 Å². The van der Waals surface area contributed by atoms with E-state index >= 15 is 0 Å². The summed E-state index contributed by atoms with van der Waals surface area (Å²) in [5, 5.41) is 0. The number of ether oxygens (including phenoxy) is 2. The van der Waals surface area contributed by atoms with Gasteiger partial charge in [-0.05, 0) is 32.0 Å². The lowest BCUT2D eigenvalue weighted by molar-refractivity contribution is -0.0883. The van der Waals surface area contributed by atoms with E-state index in [2.05, 4.69) is 36.7 Å². The number of methoxy groups -OCH3 is 1. The van der Waals surface area contributed by atoms with Crippen LogP contribution in [-0.4, -0.2) is 43.9 Å². The fourth-order valence-corrected chi connectivity index (χ4v) is 2.62. The van der Waals surface area contributed by atoms with Crippen LogP contribution in [-0.2, 0) is 11.3 Å². The molecule has 0 spiro atoms. The largest absolute Gasteiger partial charge is 0.496 e. The number of nitrogens with zero attached hydrogens (tertiary/aromatic N) is 1. The molecular weight excluding hydrogens is 264 g/mol. The van der Waals surface area contributed by atoms with Crippen molar-refractivity contribution in [2.24, 2.45) is 5.73 Å². The van der Waals surface area contributed by atoms with E-state index in [9.17, 15) is 0 Å². The number of benzene rings is 1. The first-order valence-corrected chi connectivity index (χ1v) is 7.26. The van der Waals surface area contributed by atoms with Gasteiger partial charge in [-0.15, -0.1) is 0 Å². The number of hydrogen-bond acceptors (Lipinski definition) is 4. The molecule has 0 bridgehead atoms. The summed E-state index contributed by atoms with van der Waals surface area (Å²) in [6.07, 6.45) is 0. The maximum absolute atomic E-state index is 5.76. The number of morpholine rings is 1. The van der Waals surface area contributed by atoms with Gasteiger partial charge in [-0.25, -0.2) is 0 Å². The third-order valence-electron chi connectivity index (χ3n) is 3.51. The standard InChI is InChI=1S/C17H24N2O2/c1-17(2)13-19(9-10-21-17)12-15-11-14(5-4-8-18)6-7-16(15)20-3/h6-7,11H,8-10,12-13,18H2,1-3H3. The highest BCUT2D eigenvalue weighted by atomic mass is 16.5. The molecule has 21 heavy (non-hydrogen) atoms. The van der Waals surface area contributed by atoms with Crippen LogP contribution in [0.25, 0.3) is 0 Å². The first-order valence-electron chi connectivity index (χ1n) is 7.26. The Kier molecular flexibility index (Phi) is 5.24. The molecular formula is C17H24N2O2. The molecule has 0 atom stereocenters. The Bertz CT molecular complexity index is 543. The Balaban J connectivity index is 2.17. The molecule has 0 amide bonds. The van der Waals surface area contributed by atoms with E-state index in [0.717, 1.165) is 43.1 Å². The zero-order valence-corrected chi connectivity index (χ0v) is 13.1. The second-order valence-corrected chi connectivity index (χ2v) is 5.85. The van der Waals surface area contributed by atoms with Crippen LogP contribution in [0.2, 0.25) is 0 Å². The minimum absolute atomic E-state index is 0.0948. The van der Waals surface area contributed by atoms with Crippen molar-refractivity contribution in [2.45, 2.75) is 26.0 Å². The summed E-state index contributed by atoms with van der Waals surface area (Å²) >= 11 is 0. The summed E-state index contributed by atoms with van der Waals surface area (Å²) in [6.45, 7) is 8.08. The normalized spacial score (nSPS) is 17.9. The fourth-order valence-electron chi connectivity index (χ4n) is 2.62. The van der Waals surface area contributed by atoms with E-state index in [1.165, 1.54) is 0 Å². The number of hydrogen-bond donors (Lipinski definition) is 1. The summed E-state index contributed by atoms with van der Waals surface area (Å²) in [4.78, 5) is 2.39. The summed E-state index contributed by atoms with van der Waals surface area (Å²) in [5.41, 5.74) is 7.46. The van der Waals surface area contributed by atoms with Crippen LogP contribution in [0.1, 0.15) is 25.0 Å². The average Bonchev–Trinajstić information content (AvgIpc) is 2.44. The third-order valence-corrected chi connectivity index (χ3v) is 3.51. The van der Waals surface area contributed by atoms with E-state index in [-0.39, 0.29) is 5.60 Å². The van der Waals surface area contributed by atoms with Crippen LogP contribution < -0.4 is 10.5 Å². The molecule has 1 aliphatic heterocycles. The monoisotopic (exact) mass is 288 g/mol. The molecule has 1 aromatic carbocycles. The lowest BCUT2D eigenvalue weighted by atomic mass is 10.1. The smallest absolute Gasteiger partial charge is 0.123 e. The first-order chi connectivity index (χ1) is 10.0. The molecule has 0 radical (unpaired) electrons.